The van der Waals surface area contributed by atoms with Crippen LogP contribution in [0.25, 0.3) is 0 Å². The molecule has 0 aliphatic heterocycles. The molecule has 5 nitrogen and oxygen atoms in total. The Kier molecular flexibility index (Phi) is 3.22. The van der Waals surface area contributed by atoms with Gasteiger partial charge in [-0.1, -0.05) is 25.0 Å². The lowest BCUT2D eigenvalue weighted by Gasteiger charge is -2.26. The lowest BCUT2D eigenvalue weighted by atomic mass is 9.82. The van der Waals surface area contributed by atoms with Crippen LogP contribution in [0.5, 0.6) is 0 Å². The molecule has 0 unspecified atom stereocenters. The summed E-state index contributed by atoms with van der Waals surface area (Å²) < 4.78 is 1.79. The van der Waals surface area contributed by atoms with Gasteiger partial charge in [0.15, 0.2) is 5.69 Å². The minimum absolute atomic E-state index is 0.154. The Hall–Kier alpha value is -1.39. The highest BCUT2D eigenvalue weighted by atomic mass is 16.4. The van der Waals surface area contributed by atoms with Crippen molar-refractivity contribution in [2.24, 2.45) is 0 Å². The third-order valence-electron chi connectivity index (χ3n) is 3.19. The summed E-state index contributed by atoms with van der Waals surface area (Å²) in [5.74, 6) is -0.595. The van der Waals surface area contributed by atoms with Gasteiger partial charge in [-0.15, -0.1) is 5.10 Å². The maximum absolute atomic E-state index is 11.0. The van der Waals surface area contributed by atoms with Crippen molar-refractivity contribution in [1.82, 2.24) is 15.0 Å². The Labute approximate surface area is 94.5 Å². The van der Waals surface area contributed by atoms with Crippen molar-refractivity contribution in [3.05, 3.63) is 11.4 Å². The molecule has 1 aromatic heterocycles. The molecule has 1 N–H and O–H groups in total. The summed E-state index contributed by atoms with van der Waals surface area (Å²) in [5.41, 5.74) is 0.994. The largest absolute Gasteiger partial charge is 0.476 e. The van der Waals surface area contributed by atoms with Crippen LogP contribution in [-0.2, 0) is 6.54 Å². The number of unbranched alkanes of at least 4 members (excludes halogenated alkanes) is 1. The zero-order valence-corrected chi connectivity index (χ0v) is 9.52. The number of hydrogen-bond donors (Lipinski definition) is 1. The van der Waals surface area contributed by atoms with Gasteiger partial charge in [0.25, 0.3) is 0 Å². The summed E-state index contributed by atoms with van der Waals surface area (Å²) in [5, 5.41) is 16.8. The van der Waals surface area contributed by atoms with E-state index in [9.17, 15) is 4.79 Å². The Morgan fingerprint density at radius 1 is 1.56 bits per heavy atom. The van der Waals surface area contributed by atoms with E-state index in [4.69, 9.17) is 5.11 Å². The minimum Gasteiger partial charge on any atom is -0.476 e. The highest BCUT2D eigenvalue weighted by molar-refractivity contribution is 5.86. The highest BCUT2D eigenvalue weighted by Crippen LogP contribution is 2.37. The van der Waals surface area contributed by atoms with Crippen molar-refractivity contribution < 1.29 is 9.90 Å². The quantitative estimate of drug-likeness (QED) is 0.829. The van der Waals surface area contributed by atoms with Crippen LogP contribution in [0, 0.1) is 0 Å². The zero-order chi connectivity index (χ0) is 11.5. The first-order chi connectivity index (χ1) is 7.74. The standard InChI is InChI=1S/C11H17N3O2/c1-2-3-7-14-10(8-5-4-6-8)9(11(15)16)12-13-14/h8H,2-7H2,1H3,(H,15,16). The lowest BCUT2D eigenvalue weighted by Crippen LogP contribution is -2.18. The Balaban J connectivity index is 2.25. The van der Waals surface area contributed by atoms with E-state index in [1.807, 2.05) is 0 Å². The van der Waals surface area contributed by atoms with Gasteiger partial charge in [0.05, 0.1) is 5.69 Å². The van der Waals surface area contributed by atoms with Crippen molar-refractivity contribution in [2.75, 3.05) is 0 Å². The van der Waals surface area contributed by atoms with Gasteiger partial charge in [-0.05, 0) is 19.3 Å². The normalized spacial score (nSPS) is 16.1. The van der Waals surface area contributed by atoms with Crippen LogP contribution in [0.4, 0.5) is 0 Å². The fraction of sp³-hybridized carbons (Fsp3) is 0.727. The fourth-order valence-electron chi connectivity index (χ4n) is 2.03. The van der Waals surface area contributed by atoms with Crippen LogP contribution in [0.15, 0.2) is 0 Å². The van der Waals surface area contributed by atoms with Gasteiger partial charge in [-0.25, -0.2) is 9.48 Å². The molecule has 1 aliphatic rings. The summed E-state index contributed by atoms with van der Waals surface area (Å²) in [7, 11) is 0. The van der Waals surface area contributed by atoms with E-state index in [1.165, 1.54) is 6.42 Å². The van der Waals surface area contributed by atoms with Crippen LogP contribution in [0.2, 0.25) is 0 Å². The van der Waals surface area contributed by atoms with Crippen LogP contribution in [0.3, 0.4) is 0 Å². The van der Waals surface area contributed by atoms with Gasteiger partial charge < -0.3 is 5.11 Å². The molecule has 0 spiro atoms. The third kappa shape index (κ3) is 1.94. The second kappa shape index (κ2) is 4.63. The number of rotatable bonds is 5. The molecular formula is C11H17N3O2. The smallest absolute Gasteiger partial charge is 0.358 e. The van der Waals surface area contributed by atoms with Crippen molar-refractivity contribution in [3.8, 4) is 0 Å². The van der Waals surface area contributed by atoms with Gasteiger partial charge >= 0.3 is 5.97 Å². The molecule has 0 bridgehead atoms. The van der Waals surface area contributed by atoms with Gasteiger partial charge in [0.1, 0.15) is 0 Å². The number of hydrogen-bond acceptors (Lipinski definition) is 3. The molecule has 16 heavy (non-hydrogen) atoms. The molecule has 5 heteroatoms. The molecule has 0 radical (unpaired) electrons. The van der Waals surface area contributed by atoms with Crippen LogP contribution in [-0.4, -0.2) is 26.1 Å². The third-order valence-corrected chi connectivity index (χ3v) is 3.19. The number of aromatic nitrogens is 3. The maximum atomic E-state index is 11.0. The molecule has 0 atom stereocenters. The second-order valence-corrected chi connectivity index (χ2v) is 4.33. The topological polar surface area (TPSA) is 68.0 Å². The van der Waals surface area contributed by atoms with Gasteiger partial charge in [0, 0.05) is 12.5 Å². The summed E-state index contributed by atoms with van der Waals surface area (Å²) >= 11 is 0. The number of nitrogens with zero attached hydrogens (tertiary/aromatic N) is 3. The molecule has 0 saturated heterocycles. The first-order valence-electron chi connectivity index (χ1n) is 5.90. The van der Waals surface area contributed by atoms with Gasteiger partial charge in [-0.3, -0.25) is 0 Å². The van der Waals surface area contributed by atoms with Gasteiger partial charge in [0.2, 0.25) is 0 Å². The van der Waals surface area contributed by atoms with Crippen LogP contribution < -0.4 is 0 Å². The van der Waals surface area contributed by atoms with E-state index in [0.717, 1.165) is 37.9 Å². The average Bonchev–Trinajstić information content (AvgIpc) is 2.56. The lowest BCUT2D eigenvalue weighted by molar-refractivity contribution is 0.0687. The number of carboxylic acid groups (broad SMARTS) is 1. The summed E-state index contributed by atoms with van der Waals surface area (Å²) in [6, 6.07) is 0. The van der Waals surface area contributed by atoms with E-state index >= 15 is 0 Å². The number of aryl methyl sites for hydroxylation is 1. The zero-order valence-electron chi connectivity index (χ0n) is 9.52. The summed E-state index contributed by atoms with van der Waals surface area (Å²) in [6.07, 6.45) is 5.41. The summed E-state index contributed by atoms with van der Waals surface area (Å²) in [4.78, 5) is 11.0. The second-order valence-electron chi connectivity index (χ2n) is 4.33. The Morgan fingerprint density at radius 2 is 2.31 bits per heavy atom. The monoisotopic (exact) mass is 223 g/mol. The molecular weight excluding hydrogens is 206 g/mol. The maximum Gasteiger partial charge on any atom is 0.358 e. The first kappa shape index (κ1) is 11.1. The molecule has 1 aromatic rings. The molecule has 1 saturated carbocycles. The molecule has 0 aromatic carbocycles. The van der Waals surface area contributed by atoms with E-state index in [1.54, 1.807) is 4.68 Å². The average molecular weight is 223 g/mol. The Bertz CT molecular complexity index is 383. The first-order valence-corrected chi connectivity index (χ1v) is 5.90. The van der Waals surface area contributed by atoms with E-state index in [0.29, 0.717) is 5.92 Å². The van der Waals surface area contributed by atoms with Crippen molar-refractivity contribution >= 4 is 5.97 Å². The molecule has 2 rings (SSSR count). The number of carbonyl (C=O) groups is 1. The fourth-order valence-corrected chi connectivity index (χ4v) is 2.03. The predicted octanol–water partition coefficient (Wildman–Crippen LogP) is 2.04. The van der Waals surface area contributed by atoms with Crippen molar-refractivity contribution in [2.45, 2.75) is 51.5 Å². The molecule has 88 valence electrons. The molecule has 0 amide bonds. The summed E-state index contributed by atoms with van der Waals surface area (Å²) in [6.45, 7) is 2.89. The molecule has 1 fully saturated rings. The SMILES string of the molecule is CCCCn1nnc(C(=O)O)c1C1CCC1. The predicted molar refractivity (Wildman–Crippen MR) is 58.5 cm³/mol. The van der Waals surface area contributed by atoms with E-state index in [2.05, 4.69) is 17.2 Å². The van der Waals surface area contributed by atoms with Gasteiger partial charge in [-0.2, -0.15) is 0 Å². The molecule has 1 heterocycles. The highest BCUT2D eigenvalue weighted by Gasteiger charge is 2.30. The number of aromatic carboxylic acids is 1. The van der Waals surface area contributed by atoms with E-state index < -0.39 is 5.97 Å². The van der Waals surface area contributed by atoms with Crippen LogP contribution >= 0.6 is 0 Å². The van der Waals surface area contributed by atoms with Crippen LogP contribution in [0.1, 0.15) is 61.1 Å². The number of carboxylic acids is 1. The van der Waals surface area contributed by atoms with Crippen molar-refractivity contribution in [3.63, 3.8) is 0 Å². The Morgan fingerprint density at radius 3 is 2.81 bits per heavy atom. The minimum atomic E-state index is -0.954. The molecule has 1 aliphatic carbocycles. The van der Waals surface area contributed by atoms with E-state index in [-0.39, 0.29) is 5.69 Å². The van der Waals surface area contributed by atoms with Crippen molar-refractivity contribution in [1.29, 1.82) is 0 Å².